The average molecular weight is 260 g/mol. The van der Waals surface area contributed by atoms with Crippen molar-refractivity contribution in [1.82, 2.24) is 5.32 Å². The van der Waals surface area contributed by atoms with Crippen LogP contribution in [0.2, 0.25) is 0 Å². The standard InChI is InChI=1S/C16H24N2O/c1-16(2,8-17)9-18-15(19)14-12-4-10-3-11(6-12)7-13(14)5-10/h10-14H,3-7,9H2,1-2H3,(H,18,19). The van der Waals surface area contributed by atoms with Crippen LogP contribution in [0.15, 0.2) is 0 Å². The van der Waals surface area contributed by atoms with Crippen molar-refractivity contribution in [3.05, 3.63) is 0 Å². The van der Waals surface area contributed by atoms with Gasteiger partial charge in [0.1, 0.15) is 0 Å². The number of nitrogens with zero attached hydrogens (tertiary/aromatic N) is 1. The Bertz CT molecular complexity index is 393. The minimum absolute atomic E-state index is 0.220. The molecule has 4 aliphatic carbocycles. The maximum atomic E-state index is 12.5. The van der Waals surface area contributed by atoms with Crippen LogP contribution in [0.25, 0.3) is 0 Å². The fourth-order valence-corrected chi connectivity index (χ4v) is 4.82. The molecule has 0 aromatic rings. The minimum atomic E-state index is -0.457. The molecule has 4 bridgehead atoms. The third-order valence-corrected chi connectivity index (χ3v) is 5.54. The molecule has 4 rings (SSSR count). The van der Waals surface area contributed by atoms with Crippen molar-refractivity contribution < 1.29 is 4.79 Å². The molecule has 1 amide bonds. The summed E-state index contributed by atoms with van der Waals surface area (Å²) in [7, 11) is 0. The molecular formula is C16H24N2O. The fourth-order valence-electron chi connectivity index (χ4n) is 4.82. The second-order valence-corrected chi connectivity index (χ2v) is 7.67. The zero-order valence-corrected chi connectivity index (χ0v) is 12.0. The van der Waals surface area contributed by atoms with Crippen LogP contribution >= 0.6 is 0 Å². The summed E-state index contributed by atoms with van der Waals surface area (Å²) in [5.41, 5.74) is -0.457. The van der Waals surface area contributed by atoms with Crippen molar-refractivity contribution in [3.63, 3.8) is 0 Å². The largest absolute Gasteiger partial charge is 0.354 e. The molecule has 3 nitrogen and oxygen atoms in total. The molecule has 0 aromatic carbocycles. The van der Waals surface area contributed by atoms with Gasteiger partial charge in [-0.1, -0.05) is 0 Å². The molecule has 4 aliphatic rings. The predicted octanol–water partition coefficient (Wildman–Crippen LogP) is 2.72. The monoisotopic (exact) mass is 260 g/mol. The van der Waals surface area contributed by atoms with E-state index in [9.17, 15) is 4.79 Å². The van der Waals surface area contributed by atoms with Gasteiger partial charge in [0.15, 0.2) is 0 Å². The average Bonchev–Trinajstić information content (AvgIpc) is 2.35. The molecule has 4 fully saturated rings. The van der Waals surface area contributed by atoms with Crippen LogP contribution in [0.1, 0.15) is 46.0 Å². The molecule has 0 radical (unpaired) electrons. The lowest BCUT2D eigenvalue weighted by Crippen LogP contribution is -2.51. The molecule has 0 heterocycles. The van der Waals surface area contributed by atoms with E-state index in [-0.39, 0.29) is 11.8 Å². The number of carbonyl (C=O) groups is 1. The highest BCUT2D eigenvalue weighted by Crippen LogP contribution is 2.56. The fraction of sp³-hybridized carbons (Fsp3) is 0.875. The van der Waals surface area contributed by atoms with Crippen LogP contribution in [-0.2, 0) is 4.79 Å². The summed E-state index contributed by atoms with van der Waals surface area (Å²) in [6.07, 6.45) is 6.50. The third kappa shape index (κ3) is 2.38. The lowest BCUT2D eigenvalue weighted by molar-refractivity contribution is -0.138. The van der Waals surface area contributed by atoms with Gasteiger partial charge in [-0.05, 0) is 69.6 Å². The molecule has 0 aliphatic heterocycles. The molecule has 1 N–H and O–H groups in total. The lowest BCUT2D eigenvalue weighted by atomic mass is 9.51. The number of nitrogens with one attached hydrogen (secondary N) is 1. The van der Waals surface area contributed by atoms with E-state index in [1.165, 1.54) is 32.1 Å². The van der Waals surface area contributed by atoms with Gasteiger partial charge in [0.05, 0.1) is 11.5 Å². The highest BCUT2D eigenvalue weighted by Gasteiger charge is 2.50. The van der Waals surface area contributed by atoms with E-state index in [0.717, 1.165) is 11.8 Å². The van der Waals surface area contributed by atoms with E-state index in [4.69, 9.17) is 5.26 Å². The smallest absolute Gasteiger partial charge is 0.223 e. The SMILES string of the molecule is CC(C)(C#N)CNC(=O)C1C2CC3CC(C2)CC1C3. The molecule has 104 valence electrons. The maximum absolute atomic E-state index is 12.5. The van der Waals surface area contributed by atoms with Crippen LogP contribution in [0.5, 0.6) is 0 Å². The van der Waals surface area contributed by atoms with E-state index < -0.39 is 5.41 Å². The first-order valence-corrected chi connectivity index (χ1v) is 7.67. The Morgan fingerprint density at radius 3 is 2.16 bits per heavy atom. The van der Waals surface area contributed by atoms with Gasteiger partial charge in [-0.2, -0.15) is 5.26 Å². The summed E-state index contributed by atoms with van der Waals surface area (Å²) in [5, 5.41) is 12.1. The van der Waals surface area contributed by atoms with Gasteiger partial charge in [-0.25, -0.2) is 0 Å². The molecule has 0 unspecified atom stereocenters. The van der Waals surface area contributed by atoms with E-state index in [1.807, 2.05) is 13.8 Å². The molecule has 3 heteroatoms. The maximum Gasteiger partial charge on any atom is 0.223 e. The molecule has 0 aromatic heterocycles. The summed E-state index contributed by atoms with van der Waals surface area (Å²) in [6, 6.07) is 2.25. The molecule has 0 saturated heterocycles. The first-order valence-electron chi connectivity index (χ1n) is 7.67. The number of amides is 1. The Morgan fingerprint density at radius 1 is 1.16 bits per heavy atom. The summed E-state index contributed by atoms with van der Waals surface area (Å²) in [5.74, 6) is 3.52. The second-order valence-electron chi connectivity index (χ2n) is 7.67. The van der Waals surface area contributed by atoms with Crippen molar-refractivity contribution in [1.29, 1.82) is 5.26 Å². The first kappa shape index (κ1) is 13.0. The van der Waals surface area contributed by atoms with Gasteiger partial charge in [-0.3, -0.25) is 4.79 Å². The molecule has 0 atom stereocenters. The van der Waals surface area contributed by atoms with E-state index >= 15 is 0 Å². The number of nitriles is 1. The van der Waals surface area contributed by atoms with Crippen LogP contribution in [0, 0.1) is 46.3 Å². The quantitative estimate of drug-likeness (QED) is 0.848. The summed E-state index contributed by atoms with van der Waals surface area (Å²) < 4.78 is 0. The number of hydrogen-bond acceptors (Lipinski definition) is 2. The van der Waals surface area contributed by atoms with Gasteiger partial charge in [-0.15, -0.1) is 0 Å². The lowest BCUT2D eigenvalue weighted by Gasteiger charge is -2.53. The van der Waals surface area contributed by atoms with Crippen LogP contribution < -0.4 is 5.32 Å². The first-order chi connectivity index (χ1) is 8.98. The minimum Gasteiger partial charge on any atom is -0.354 e. The number of carbonyl (C=O) groups excluding carboxylic acids is 1. The van der Waals surface area contributed by atoms with Crippen LogP contribution in [0.3, 0.4) is 0 Å². The van der Waals surface area contributed by atoms with Crippen LogP contribution in [-0.4, -0.2) is 12.5 Å². The molecular weight excluding hydrogens is 236 g/mol. The van der Waals surface area contributed by atoms with Gasteiger partial charge in [0, 0.05) is 12.5 Å². The summed E-state index contributed by atoms with van der Waals surface area (Å²) in [6.45, 7) is 4.24. The predicted molar refractivity (Wildman–Crippen MR) is 72.9 cm³/mol. The normalized spacial score (nSPS) is 39.9. The second kappa shape index (κ2) is 4.51. The zero-order valence-electron chi connectivity index (χ0n) is 12.0. The van der Waals surface area contributed by atoms with E-state index in [0.29, 0.717) is 18.4 Å². The molecule has 4 saturated carbocycles. The Morgan fingerprint density at radius 2 is 1.68 bits per heavy atom. The van der Waals surface area contributed by atoms with Gasteiger partial charge < -0.3 is 5.32 Å². The van der Waals surface area contributed by atoms with E-state index in [1.54, 1.807) is 0 Å². The molecule has 19 heavy (non-hydrogen) atoms. The number of hydrogen-bond donors (Lipinski definition) is 1. The summed E-state index contributed by atoms with van der Waals surface area (Å²) in [4.78, 5) is 12.5. The highest BCUT2D eigenvalue weighted by atomic mass is 16.1. The Balaban J connectivity index is 1.63. The molecule has 0 spiro atoms. The highest BCUT2D eigenvalue weighted by molar-refractivity contribution is 5.79. The third-order valence-electron chi connectivity index (χ3n) is 5.54. The zero-order chi connectivity index (χ0) is 13.6. The van der Waals surface area contributed by atoms with Crippen molar-refractivity contribution in [2.24, 2.45) is 35.0 Å². The van der Waals surface area contributed by atoms with E-state index in [2.05, 4.69) is 11.4 Å². The van der Waals surface area contributed by atoms with Gasteiger partial charge in [0.25, 0.3) is 0 Å². The van der Waals surface area contributed by atoms with Crippen molar-refractivity contribution in [2.45, 2.75) is 46.0 Å². The Kier molecular flexibility index (Phi) is 3.08. The van der Waals surface area contributed by atoms with Gasteiger partial charge in [0.2, 0.25) is 5.91 Å². The topological polar surface area (TPSA) is 52.9 Å². The number of rotatable bonds is 3. The van der Waals surface area contributed by atoms with Crippen LogP contribution in [0.4, 0.5) is 0 Å². The van der Waals surface area contributed by atoms with Crippen molar-refractivity contribution in [2.75, 3.05) is 6.54 Å². The summed E-state index contributed by atoms with van der Waals surface area (Å²) >= 11 is 0. The van der Waals surface area contributed by atoms with Crippen molar-refractivity contribution in [3.8, 4) is 6.07 Å². The Labute approximate surface area is 115 Å². The van der Waals surface area contributed by atoms with Crippen molar-refractivity contribution >= 4 is 5.91 Å². The van der Waals surface area contributed by atoms with Gasteiger partial charge >= 0.3 is 0 Å². The Hall–Kier alpha value is -1.04.